The number of hydrogen-bond acceptors (Lipinski definition) is 3. The molecule has 23 aromatic carbocycles. The topological polar surface area (TPSA) is 41.3 Å². The number of para-hydroxylation sites is 1. The zero-order chi connectivity index (χ0) is 92.9. The molecule has 0 spiro atoms. The largest absolute Gasteiger partial charge is 0.398 e. The Morgan fingerprint density at radius 2 is 0.551 bits per heavy atom. The minimum atomic E-state index is -0.0815. The molecule has 0 heterocycles. The van der Waals surface area contributed by atoms with Gasteiger partial charge < -0.3 is 16.0 Å². The summed E-state index contributed by atoms with van der Waals surface area (Å²) < 4.78 is 8.03. The first-order chi connectivity index (χ1) is 66.5. The molecule has 0 amide bonds. The maximum atomic E-state index is 6.31. The van der Waals surface area contributed by atoms with Crippen LogP contribution in [0, 0.1) is 0 Å². The Kier molecular flexibility index (Phi) is 23.5. The predicted octanol–water partition coefficient (Wildman–Crippen LogP) is 38.8. The second kappa shape index (κ2) is 36.6. The number of nitrogens with one attached hydrogen (secondary N) is 1. The van der Waals surface area contributed by atoms with Crippen molar-refractivity contribution in [1.82, 2.24) is 0 Å². The van der Waals surface area contributed by atoms with E-state index in [1.54, 1.807) is 0 Å². The fourth-order valence-electron chi connectivity index (χ4n) is 21.4. The van der Waals surface area contributed by atoms with Gasteiger partial charge in [-0.25, -0.2) is 0 Å². The summed E-state index contributed by atoms with van der Waals surface area (Å²) in [5, 5.41) is 26.6. The van der Waals surface area contributed by atoms with Gasteiger partial charge in [0.1, 0.15) is 0 Å². The van der Waals surface area contributed by atoms with E-state index in [0.717, 1.165) is 48.6 Å². The van der Waals surface area contributed by atoms with Crippen molar-refractivity contribution in [3.05, 3.63) is 503 Å². The smallest absolute Gasteiger partial charge is 0.0546 e. The monoisotopic (exact) mass is 1890 g/mol. The van der Waals surface area contributed by atoms with Gasteiger partial charge in [0, 0.05) is 74.5 Å². The van der Waals surface area contributed by atoms with Crippen molar-refractivity contribution in [3.8, 4) is 66.8 Å². The van der Waals surface area contributed by atoms with Crippen LogP contribution >= 0.6 is 31.9 Å². The minimum absolute atomic E-state index is 0. The third-order valence-electron chi connectivity index (χ3n) is 28.1. The van der Waals surface area contributed by atoms with Crippen LogP contribution in [0.3, 0.4) is 0 Å². The molecule has 3 nitrogen and oxygen atoms in total. The number of rotatable bonds is 8. The number of fused-ring (bicyclic) bond motifs is 18. The lowest BCUT2D eigenvalue weighted by Gasteiger charge is -2.30. The molecule has 0 aliphatic heterocycles. The summed E-state index contributed by atoms with van der Waals surface area (Å²) in [5.74, 6) is 0. The van der Waals surface area contributed by atoms with Crippen LogP contribution in [0.25, 0.3) is 164 Å². The Labute approximate surface area is 819 Å². The van der Waals surface area contributed by atoms with E-state index in [4.69, 9.17) is 7.10 Å². The summed E-state index contributed by atoms with van der Waals surface area (Å²) in [4.78, 5) is 2.45. The lowest BCUT2D eigenvalue weighted by Crippen LogP contribution is -2.15. The third kappa shape index (κ3) is 16.1. The molecular weight excluding hydrogens is 1780 g/mol. The number of benzene rings is 23. The highest BCUT2D eigenvalue weighted by Gasteiger charge is 2.39. The summed E-state index contributed by atoms with van der Waals surface area (Å²) in [7, 11) is 1.25. The molecular formula is C131H109Br2N3. The van der Waals surface area contributed by atoms with Gasteiger partial charge in [0.2, 0.25) is 0 Å². The summed E-state index contributed by atoms with van der Waals surface area (Å²) in [5.41, 5.74) is 36.5. The van der Waals surface area contributed by atoms with E-state index in [-0.39, 0.29) is 26.5 Å². The number of nitrogens with zero attached hydrogens (tertiary/aromatic N) is 1. The zero-order valence-corrected chi connectivity index (χ0v) is 79.8. The van der Waals surface area contributed by atoms with E-state index in [1.807, 2.05) is 36.4 Å². The maximum absolute atomic E-state index is 6.31. The van der Waals surface area contributed by atoms with Crippen LogP contribution in [0.4, 0.5) is 34.1 Å². The zero-order valence-electron chi connectivity index (χ0n) is 77.7. The average Bonchev–Trinajstić information content (AvgIpc) is 1.55. The van der Waals surface area contributed by atoms with Crippen molar-refractivity contribution in [1.29, 1.82) is 0 Å². The first-order valence-corrected chi connectivity index (χ1v) is 47.8. The molecule has 26 rings (SSSR count). The van der Waals surface area contributed by atoms with Crippen molar-refractivity contribution in [3.63, 3.8) is 0 Å². The SMILES string of the molecule is Brc1ccccc1.C.CC1(C)c2ccc(Br)cc2-c2cc3ccccc3cc21.CC1(C)c2ccc(N(c3ccccc3)c3ccc4ccccc4c3-c3cccc4ccccc34)cc2-c2cc3ccccc3cc21.CC1(C)c2ccc(Nc3ccc4ccccc4c3-c3cccc4ccccc34)cc2-c2cc3ccccc3cc21.Nc1ccc2ccccc2c1-c1cccc2ccccc12.[3HH].[3HH].[3H]C. The van der Waals surface area contributed by atoms with Crippen molar-refractivity contribution >= 4 is 163 Å². The van der Waals surface area contributed by atoms with Crippen LogP contribution in [0.5, 0.6) is 0 Å². The molecule has 3 N–H and O–H groups in total. The third-order valence-corrected chi connectivity index (χ3v) is 29.1. The van der Waals surface area contributed by atoms with Gasteiger partial charge in [-0.1, -0.05) is 434 Å². The Hall–Kier alpha value is -15.2. The van der Waals surface area contributed by atoms with Crippen molar-refractivity contribution in [2.75, 3.05) is 16.0 Å². The van der Waals surface area contributed by atoms with Crippen LogP contribution in [0.1, 0.15) is 94.0 Å². The number of hydrogen-bond donors (Lipinski definition) is 2. The van der Waals surface area contributed by atoms with E-state index in [2.05, 4.69) is 508 Å². The molecule has 0 radical (unpaired) electrons. The van der Waals surface area contributed by atoms with E-state index >= 15 is 0 Å². The van der Waals surface area contributed by atoms with Gasteiger partial charge in [-0.15, -0.1) is 0 Å². The van der Waals surface area contributed by atoms with Gasteiger partial charge in [0.05, 0.1) is 5.69 Å². The van der Waals surface area contributed by atoms with Crippen LogP contribution in [0.2, 0.25) is 0 Å². The number of anilines is 6. The summed E-state index contributed by atoms with van der Waals surface area (Å²) >= 11 is 6.92. The predicted molar refractivity (Wildman–Crippen MR) is 601 cm³/mol. The molecule has 23 aromatic rings. The van der Waals surface area contributed by atoms with Crippen molar-refractivity contribution < 1.29 is 4.22 Å². The molecule has 0 saturated carbocycles. The molecule has 3 aliphatic carbocycles. The van der Waals surface area contributed by atoms with E-state index in [0.29, 0.717) is 0 Å². The summed E-state index contributed by atoms with van der Waals surface area (Å²) in [6.07, 6.45) is 0. The van der Waals surface area contributed by atoms with Gasteiger partial charge in [-0.05, 0) is 296 Å². The highest BCUT2D eigenvalue weighted by atomic mass is 79.9. The number of halogens is 2. The Bertz CT molecular complexity index is 8570. The lowest BCUT2D eigenvalue weighted by molar-refractivity contribution is 0.661. The van der Waals surface area contributed by atoms with Crippen LogP contribution in [-0.4, -0.2) is 0 Å². The molecule has 3 aliphatic rings. The fraction of sp³-hybridized carbons (Fsp3) is 0.0840. The van der Waals surface area contributed by atoms with Gasteiger partial charge in [0.15, 0.2) is 0 Å². The van der Waals surface area contributed by atoms with Crippen LogP contribution in [-0.2, 0) is 16.2 Å². The van der Waals surface area contributed by atoms with E-state index in [9.17, 15) is 0 Å². The molecule has 662 valence electrons. The van der Waals surface area contributed by atoms with Crippen molar-refractivity contribution in [2.45, 2.75) is 72.6 Å². The molecule has 0 bridgehead atoms. The molecule has 0 unspecified atom stereocenters. The average molecular weight is 1890 g/mol. The Morgan fingerprint density at radius 3 is 0.993 bits per heavy atom. The second-order valence-corrected chi connectivity index (χ2v) is 38.9. The summed E-state index contributed by atoms with van der Waals surface area (Å²) in [6.45, 7) is 14.1. The number of nitrogen functional groups attached to an aromatic ring is 1. The molecule has 0 saturated heterocycles. The highest BCUT2D eigenvalue weighted by molar-refractivity contribution is 9.10. The Balaban J connectivity index is 0.000000124. The maximum Gasteiger partial charge on any atom is 0.0546 e. The van der Waals surface area contributed by atoms with Gasteiger partial charge in [0.25, 0.3) is 0 Å². The first-order valence-electron chi connectivity index (χ1n) is 47.2. The molecule has 0 aromatic heterocycles. The van der Waals surface area contributed by atoms with Gasteiger partial charge >= 0.3 is 0 Å². The van der Waals surface area contributed by atoms with Gasteiger partial charge in [-0.3, -0.25) is 0 Å². The Morgan fingerprint density at radius 1 is 0.235 bits per heavy atom. The quantitative estimate of drug-likeness (QED) is 0.149. The fourth-order valence-corrected chi connectivity index (χ4v) is 22.0. The minimum Gasteiger partial charge on any atom is -0.398 e. The van der Waals surface area contributed by atoms with Crippen molar-refractivity contribution in [2.24, 2.45) is 0 Å². The lowest BCUT2D eigenvalue weighted by atomic mass is 9.82. The van der Waals surface area contributed by atoms with E-state index in [1.165, 1.54) is 199 Å². The van der Waals surface area contributed by atoms with Gasteiger partial charge in [-0.2, -0.15) is 0 Å². The standard InChI is InChI=1S/C45H33N.C39H29N.C20H15N.C19H15Br.C6H5Br.2CH4.2H2/c1-45(2)41-25-24-35(29-40(41)39-27-32-15-6-7-16-33(32)28-42(39)45)46(34-18-4-3-5-19-34)43-26-23-31-14-9-11-21-37(31)44(43)38-22-12-17-30-13-8-10-20-36(30)38;1-39(2)35-20-19-29(24-34(35)33-22-27-12-3-4-13-28(27)23-36(33)39)40-37-21-18-26-11-6-8-16-31(26)38(37)32-17-9-14-25-10-5-7-15-30(25)32;21-19-13-12-15-7-2-4-10-17(15)20(19)18-11-5-8-14-6-1-3-9-16(14)18;1-19(2)17-8-7-14(20)11-16(17)15-9-12-5-3-4-6-13(12)10-18(15)19;7-6-4-2-1-3-5-6;;;;/h3-29H,1-2H3;3-24,40H,1-2H3;1-13H,21H2;3-11H,1-2H3;1-5H;2*1H4;2*1H/i;;;;;1T;;2*1+2. The summed E-state index contributed by atoms with van der Waals surface area (Å²) in [6, 6.07) is 166. The highest BCUT2D eigenvalue weighted by Crippen LogP contribution is 2.57. The number of nitrogens with two attached hydrogens (primary N) is 1. The normalized spacial score (nSPS) is 12.8. The molecule has 5 heteroatoms. The van der Waals surface area contributed by atoms with E-state index < -0.39 is 0 Å². The second-order valence-electron chi connectivity index (χ2n) is 37.1. The van der Waals surface area contributed by atoms with Crippen LogP contribution in [0.15, 0.2) is 470 Å². The van der Waals surface area contributed by atoms with Crippen LogP contribution < -0.4 is 16.0 Å². The first kappa shape index (κ1) is 87.4. The molecule has 136 heavy (non-hydrogen) atoms. The molecule has 0 fully saturated rings. The molecule has 0 atom stereocenters.